The van der Waals surface area contributed by atoms with Crippen molar-refractivity contribution in [1.82, 2.24) is 0 Å². The summed E-state index contributed by atoms with van der Waals surface area (Å²) < 4.78 is 0. The van der Waals surface area contributed by atoms with Crippen LogP contribution in [0.4, 0.5) is 5.69 Å². The second kappa shape index (κ2) is 4.20. The second-order valence-electron chi connectivity index (χ2n) is 6.30. The van der Waals surface area contributed by atoms with Gasteiger partial charge in [-0.2, -0.15) is 0 Å². The third-order valence-electron chi connectivity index (χ3n) is 5.12. The molecule has 1 atom stereocenters. The summed E-state index contributed by atoms with van der Waals surface area (Å²) >= 11 is 0. The molecule has 0 N–H and O–H groups in total. The summed E-state index contributed by atoms with van der Waals surface area (Å²) in [4.78, 5) is 15.0. The number of hydrogen-bond donors (Lipinski definition) is 0. The SMILES string of the molecule is Cc1ccc2c(c1)[C@]1(CCCc3ccccc31)C(=O)N2C. The van der Waals surface area contributed by atoms with Crippen LogP contribution in [0.2, 0.25) is 0 Å². The Labute approximate surface area is 125 Å². The number of rotatable bonds is 0. The van der Waals surface area contributed by atoms with Gasteiger partial charge in [-0.3, -0.25) is 4.79 Å². The van der Waals surface area contributed by atoms with Crippen LogP contribution in [0.1, 0.15) is 35.1 Å². The molecule has 4 rings (SSSR count). The van der Waals surface area contributed by atoms with Gasteiger partial charge in [0.05, 0.1) is 0 Å². The van der Waals surface area contributed by atoms with Gasteiger partial charge in [0.15, 0.2) is 0 Å². The number of fused-ring (bicyclic) bond motifs is 4. The van der Waals surface area contributed by atoms with E-state index in [1.54, 1.807) is 0 Å². The maximum atomic E-state index is 13.1. The summed E-state index contributed by atoms with van der Waals surface area (Å²) in [6.07, 6.45) is 3.07. The van der Waals surface area contributed by atoms with E-state index in [-0.39, 0.29) is 5.91 Å². The summed E-state index contributed by atoms with van der Waals surface area (Å²) in [5.41, 5.74) is 5.59. The summed E-state index contributed by atoms with van der Waals surface area (Å²) in [5.74, 6) is 0.232. The van der Waals surface area contributed by atoms with Gasteiger partial charge in [-0.25, -0.2) is 0 Å². The molecule has 21 heavy (non-hydrogen) atoms. The van der Waals surface area contributed by atoms with E-state index < -0.39 is 5.41 Å². The minimum atomic E-state index is -0.453. The molecule has 0 saturated heterocycles. The number of nitrogens with zero attached hydrogens (tertiary/aromatic N) is 1. The standard InChI is InChI=1S/C19H19NO/c1-13-9-10-17-16(12-13)19(18(21)20(17)2)11-5-7-14-6-3-4-8-15(14)19/h3-4,6,8-10,12H,5,7,11H2,1-2H3/t19-/m1/s1. The Kier molecular flexibility index (Phi) is 2.53. The average molecular weight is 277 g/mol. The first-order valence-electron chi connectivity index (χ1n) is 7.62. The molecule has 1 aliphatic carbocycles. The van der Waals surface area contributed by atoms with E-state index in [4.69, 9.17) is 0 Å². The first kappa shape index (κ1) is 12.6. The van der Waals surface area contributed by atoms with Gasteiger partial charge in [-0.15, -0.1) is 0 Å². The Balaban J connectivity index is 2.06. The number of benzene rings is 2. The largest absolute Gasteiger partial charge is 0.314 e. The van der Waals surface area contributed by atoms with E-state index in [9.17, 15) is 4.79 Å². The second-order valence-corrected chi connectivity index (χ2v) is 6.30. The molecule has 0 aromatic heterocycles. The summed E-state index contributed by atoms with van der Waals surface area (Å²) in [6, 6.07) is 14.9. The van der Waals surface area contributed by atoms with Gasteiger partial charge in [0.25, 0.3) is 0 Å². The lowest BCUT2D eigenvalue weighted by molar-refractivity contribution is -0.122. The zero-order valence-electron chi connectivity index (χ0n) is 12.5. The van der Waals surface area contributed by atoms with Crippen LogP contribution in [-0.4, -0.2) is 13.0 Å². The van der Waals surface area contributed by atoms with Gasteiger partial charge in [-0.1, -0.05) is 42.0 Å². The third-order valence-corrected chi connectivity index (χ3v) is 5.12. The highest BCUT2D eigenvalue weighted by Crippen LogP contribution is 2.51. The predicted octanol–water partition coefficient (Wildman–Crippen LogP) is 3.59. The van der Waals surface area contributed by atoms with Gasteiger partial charge in [0.2, 0.25) is 5.91 Å². The molecule has 0 saturated carbocycles. The molecule has 0 fully saturated rings. The van der Waals surface area contributed by atoms with Crippen LogP contribution in [0.5, 0.6) is 0 Å². The summed E-state index contributed by atoms with van der Waals surface area (Å²) in [5, 5.41) is 0. The Morgan fingerprint density at radius 2 is 1.90 bits per heavy atom. The molecule has 2 heteroatoms. The van der Waals surface area contributed by atoms with Crippen LogP contribution in [0.15, 0.2) is 42.5 Å². The van der Waals surface area contributed by atoms with Crippen molar-refractivity contribution in [2.24, 2.45) is 0 Å². The van der Waals surface area contributed by atoms with Gasteiger partial charge in [0, 0.05) is 12.7 Å². The Hall–Kier alpha value is -2.09. The van der Waals surface area contributed by atoms with Crippen molar-refractivity contribution in [2.45, 2.75) is 31.6 Å². The lowest BCUT2D eigenvalue weighted by atomic mass is 9.66. The molecule has 1 amide bonds. The molecular weight excluding hydrogens is 258 g/mol. The van der Waals surface area contributed by atoms with Gasteiger partial charge >= 0.3 is 0 Å². The zero-order valence-corrected chi connectivity index (χ0v) is 12.5. The molecule has 2 aliphatic rings. The van der Waals surface area contributed by atoms with Crippen molar-refractivity contribution in [3.8, 4) is 0 Å². The van der Waals surface area contributed by atoms with Crippen LogP contribution >= 0.6 is 0 Å². The molecule has 2 aromatic rings. The third kappa shape index (κ3) is 1.50. The van der Waals surface area contributed by atoms with Crippen molar-refractivity contribution in [3.63, 3.8) is 0 Å². The van der Waals surface area contributed by atoms with Crippen LogP contribution in [-0.2, 0) is 16.6 Å². The van der Waals surface area contributed by atoms with E-state index in [1.807, 2.05) is 11.9 Å². The Morgan fingerprint density at radius 3 is 2.76 bits per heavy atom. The number of carbonyl (C=O) groups excluding carboxylic acids is 1. The van der Waals surface area contributed by atoms with E-state index >= 15 is 0 Å². The van der Waals surface area contributed by atoms with E-state index in [0.29, 0.717) is 0 Å². The molecule has 0 unspecified atom stereocenters. The topological polar surface area (TPSA) is 20.3 Å². The number of carbonyl (C=O) groups is 1. The van der Waals surface area contributed by atoms with Gasteiger partial charge in [0.1, 0.15) is 5.41 Å². The molecular formula is C19H19NO. The van der Waals surface area contributed by atoms with Crippen LogP contribution in [0.3, 0.4) is 0 Å². The van der Waals surface area contributed by atoms with Crippen molar-refractivity contribution in [1.29, 1.82) is 0 Å². The number of aryl methyl sites for hydroxylation is 2. The molecule has 1 spiro atoms. The number of anilines is 1. The van der Waals surface area contributed by atoms with Crippen molar-refractivity contribution < 1.29 is 4.79 Å². The highest BCUT2D eigenvalue weighted by Gasteiger charge is 2.52. The van der Waals surface area contributed by atoms with Crippen LogP contribution in [0.25, 0.3) is 0 Å². The van der Waals surface area contributed by atoms with Gasteiger partial charge < -0.3 is 4.90 Å². The first-order chi connectivity index (χ1) is 10.1. The minimum absolute atomic E-state index is 0.232. The quantitative estimate of drug-likeness (QED) is 0.720. The Bertz CT molecular complexity index is 749. The maximum Gasteiger partial charge on any atom is 0.241 e. The smallest absolute Gasteiger partial charge is 0.241 e. The number of amides is 1. The molecule has 106 valence electrons. The summed E-state index contributed by atoms with van der Waals surface area (Å²) in [6.45, 7) is 2.10. The van der Waals surface area contributed by atoms with Crippen molar-refractivity contribution >= 4 is 11.6 Å². The van der Waals surface area contributed by atoms with Crippen LogP contribution < -0.4 is 4.90 Å². The summed E-state index contributed by atoms with van der Waals surface area (Å²) in [7, 11) is 1.91. The Morgan fingerprint density at radius 1 is 1.10 bits per heavy atom. The lowest BCUT2D eigenvalue weighted by Crippen LogP contribution is -2.42. The lowest BCUT2D eigenvalue weighted by Gasteiger charge is -2.34. The van der Waals surface area contributed by atoms with Gasteiger partial charge in [-0.05, 0) is 48.9 Å². The van der Waals surface area contributed by atoms with E-state index in [1.165, 1.54) is 22.3 Å². The monoisotopic (exact) mass is 277 g/mol. The highest BCUT2D eigenvalue weighted by molar-refractivity contribution is 6.10. The molecule has 2 nitrogen and oxygen atoms in total. The van der Waals surface area contributed by atoms with E-state index in [0.717, 1.165) is 24.9 Å². The average Bonchev–Trinajstić information content (AvgIpc) is 2.71. The molecule has 1 heterocycles. The molecule has 0 radical (unpaired) electrons. The highest BCUT2D eigenvalue weighted by atomic mass is 16.2. The predicted molar refractivity (Wildman–Crippen MR) is 84.7 cm³/mol. The fourth-order valence-corrected chi connectivity index (χ4v) is 4.13. The van der Waals surface area contributed by atoms with Crippen molar-refractivity contribution in [2.75, 3.05) is 11.9 Å². The maximum absolute atomic E-state index is 13.1. The number of hydrogen-bond acceptors (Lipinski definition) is 1. The normalized spacial score (nSPS) is 23.3. The molecule has 1 aliphatic heterocycles. The van der Waals surface area contributed by atoms with E-state index in [2.05, 4.69) is 49.4 Å². The first-order valence-corrected chi connectivity index (χ1v) is 7.62. The zero-order chi connectivity index (χ0) is 14.6. The number of likely N-dealkylation sites (N-methyl/N-ethyl adjacent to an activating group) is 1. The molecule has 2 aromatic carbocycles. The molecule has 0 bridgehead atoms. The fourth-order valence-electron chi connectivity index (χ4n) is 4.13. The van der Waals surface area contributed by atoms with Crippen molar-refractivity contribution in [3.05, 3.63) is 64.7 Å². The van der Waals surface area contributed by atoms with Crippen LogP contribution in [0, 0.1) is 6.92 Å². The minimum Gasteiger partial charge on any atom is -0.314 e. The fraction of sp³-hybridized carbons (Fsp3) is 0.316.